The van der Waals surface area contributed by atoms with E-state index in [1.807, 2.05) is 6.07 Å². The van der Waals surface area contributed by atoms with Gasteiger partial charge in [-0.3, -0.25) is 0 Å². The van der Waals surface area contributed by atoms with Gasteiger partial charge in [0.05, 0.1) is 5.69 Å². The number of aromatic nitrogens is 1. The summed E-state index contributed by atoms with van der Waals surface area (Å²) in [5.41, 5.74) is 0.907. The highest BCUT2D eigenvalue weighted by Gasteiger charge is 2.06. The van der Waals surface area contributed by atoms with E-state index in [4.69, 9.17) is 11.6 Å². The highest BCUT2D eigenvalue weighted by atomic mass is 79.9. The molecule has 0 aliphatic carbocycles. The minimum Gasteiger partial charge on any atom is -0.380 e. The van der Waals surface area contributed by atoms with Crippen molar-refractivity contribution in [2.24, 2.45) is 0 Å². The fourth-order valence-electron chi connectivity index (χ4n) is 1.74. The van der Waals surface area contributed by atoms with Crippen LogP contribution in [0.5, 0.6) is 0 Å². The summed E-state index contributed by atoms with van der Waals surface area (Å²) in [6, 6.07) is 2.40. The molecular formula is C13H20BrClN2. The van der Waals surface area contributed by atoms with Crippen molar-refractivity contribution in [2.45, 2.75) is 52.0 Å². The number of pyridine rings is 1. The Morgan fingerprint density at radius 1 is 1.41 bits per heavy atom. The fourth-order valence-corrected chi connectivity index (χ4v) is 2.23. The van der Waals surface area contributed by atoms with Crippen LogP contribution in [-0.4, -0.2) is 11.0 Å². The van der Waals surface area contributed by atoms with E-state index < -0.39 is 0 Å². The van der Waals surface area contributed by atoms with Crippen molar-refractivity contribution in [2.75, 3.05) is 5.32 Å². The van der Waals surface area contributed by atoms with Gasteiger partial charge in [-0.15, -0.1) is 0 Å². The molecule has 0 amide bonds. The third-order valence-corrected chi connectivity index (χ3v) is 3.43. The molecule has 0 saturated heterocycles. The second-order valence-corrected chi connectivity index (χ2v) is 5.66. The van der Waals surface area contributed by atoms with Gasteiger partial charge >= 0.3 is 0 Å². The number of hydrogen-bond donors (Lipinski definition) is 1. The van der Waals surface area contributed by atoms with Gasteiger partial charge in [-0.1, -0.05) is 44.2 Å². The highest BCUT2D eigenvalue weighted by Crippen LogP contribution is 2.24. The van der Waals surface area contributed by atoms with Gasteiger partial charge in [0, 0.05) is 16.7 Å². The third kappa shape index (κ3) is 5.73. The van der Waals surface area contributed by atoms with Crippen molar-refractivity contribution < 1.29 is 0 Å². The summed E-state index contributed by atoms with van der Waals surface area (Å²) in [5, 5.41) is 3.94. The summed E-state index contributed by atoms with van der Waals surface area (Å²) in [6.45, 7) is 4.41. The van der Waals surface area contributed by atoms with E-state index in [1.165, 1.54) is 32.1 Å². The third-order valence-electron chi connectivity index (χ3n) is 2.70. The van der Waals surface area contributed by atoms with Gasteiger partial charge in [0.2, 0.25) is 0 Å². The standard InChI is InChI=1S/C13H20BrClN2/c1-3-4-5-6-7-10(2)17-12-8-11(14)9-16-13(12)15/h8-10,17H,3-7H2,1-2H3. The zero-order valence-corrected chi connectivity index (χ0v) is 12.8. The van der Waals surface area contributed by atoms with Gasteiger partial charge in [0.25, 0.3) is 0 Å². The molecule has 1 heterocycles. The molecule has 0 bridgehead atoms. The first-order valence-corrected chi connectivity index (χ1v) is 7.38. The zero-order chi connectivity index (χ0) is 12.7. The predicted octanol–water partition coefficient (Wildman–Crippen LogP) is 5.27. The number of nitrogens with one attached hydrogen (secondary N) is 1. The van der Waals surface area contributed by atoms with Crippen molar-refractivity contribution in [1.82, 2.24) is 4.98 Å². The number of unbranched alkanes of at least 4 members (excludes halogenated alkanes) is 3. The topological polar surface area (TPSA) is 24.9 Å². The highest BCUT2D eigenvalue weighted by molar-refractivity contribution is 9.10. The van der Waals surface area contributed by atoms with Crippen LogP contribution in [0.15, 0.2) is 16.7 Å². The predicted molar refractivity (Wildman–Crippen MR) is 78.8 cm³/mol. The maximum Gasteiger partial charge on any atom is 0.152 e. The molecule has 0 saturated carbocycles. The van der Waals surface area contributed by atoms with Crippen molar-refractivity contribution in [3.8, 4) is 0 Å². The van der Waals surface area contributed by atoms with Crippen molar-refractivity contribution >= 4 is 33.2 Å². The lowest BCUT2D eigenvalue weighted by Crippen LogP contribution is -2.15. The minimum atomic E-state index is 0.431. The molecule has 4 heteroatoms. The van der Waals surface area contributed by atoms with Crippen LogP contribution < -0.4 is 5.32 Å². The Kier molecular flexibility index (Phi) is 6.90. The Morgan fingerprint density at radius 2 is 2.18 bits per heavy atom. The molecule has 0 aromatic carbocycles. The summed E-state index contributed by atoms with van der Waals surface area (Å²) in [7, 11) is 0. The normalized spacial score (nSPS) is 12.5. The van der Waals surface area contributed by atoms with E-state index in [0.29, 0.717) is 11.2 Å². The average Bonchev–Trinajstić information content (AvgIpc) is 2.29. The lowest BCUT2D eigenvalue weighted by Gasteiger charge is -2.16. The molecule has 1 unspecified atom stereocenters. The Hall–Kier alpha value is -0.280. The number of rotatable bonds is 7. The molecule has 0 aliphatic heterocycles. The van der Waals surface area contributed by atoms with Crippen LogP contribution in [0, 0.1) is 0 Å². The second kappa shape index (κ2) is 7.93. The van der Waals surface area contributed by atoms with Crippen LogP contribution in [0.2, 0.25) is 5.15 Å². The lowest BCUT2D eigenvalue weighted by molar-refractivity contribution is 0.594. The molecular weight excluding hydrogens is 300 g/mol. The van der Waals surface area contributed by atoms with Crippen LogP contribution in [-0.2, 0) is 0 Å². The summed E-state index contributed by atoms with van der Waals surface area (Å²) in [5.74, 6) is 0. The minimum absolute atomic E-state index is 0.431. The smallest absolute Gasteiger partial charge is 0.152 e. The van der Waals surface area contributed by atoms with E-state index in [9.17, 15) is 0 Å². The summed E-state index contributed by atoms with van der Waals surface area (Å²) >= 11 is 9.43. The van der Waals surface area contributed by atoms with E-state index in [2.05, 4.69) is 40.1 Å². The van der Waals surface area contributed by atoms with Crippen LogP contribution in [0.3, 0.4) is 0 Å². The Balaban J connectivity index is 2.39. The molecule has 1 N–H and O–H groups in total. The van der Waals surface area contributed by atoms with E-state index in [0.717, 1.165) is 10.2 Å². The summed E-state index contributed by atoms with van der Waals surface area (Å²) in [6.07, 6.45) is 8.06. The fraction of sp³-hybridized carbons (Fsp3) is 0.615. The van der Waals surface area contributed by atoms with Gasteiger partial charge in [0.1, 0.15) is 0 Å². The van der Waals surface area contributed by atoms with E-state index in [1.54, 1.807) is 6.20 Å². The SMILES string of the molecule is CCCCCCC(C)Nc1cc(Br)cnc1Cl. The summed E-state index contributed by atoms with van der Waals surface area (Å²) in [4.78, 5) is 4.10. The van der Waals surface area contributed by atoms with Gasteiger partial charge in [0.15, 0.2) is 5.15 Å². The van der Waals surface area contributed by atoms with Gasteiger partial charge in [-0.05, 0) is 35.3 Å². The Bertz CT molecular complexity index is 344. The van der Waals surface area contributed by atoms with Crippen LogP contribution >= 0.6 is 27.5 Å². The van der Waals surface area contributed by atoms with Crippen molar-refractivity contribution in [3.05, 3.63) is 21.9 Å². The molecule has 96 valence electrons. The molecule has 0 fully saturated rings. The molecule has 1 rings (SSSR count). The molecule has 2 nitrogen and oxygen atoms in total. The number of anilines is 1. The molecule has 0 aliphatic rings. The van der Waals surface area contributed by atoms with Crippen LogP contribution in [0.1, 0.15) is 46.0 Å². The molecule has 1 atom stereocenters. The Labute approximate surface area is 117 Å². The molecule has 0 spiro atoms. The average molecular weight is 320 g/mol. The Morgan fingerprint density at radius 3 is 2.88 bits per heavy atom. The van der Waals surface area contributed by atoms with E-state index >= 15 is 0 Å². The van der Waals surface area contributed by atoms with Gasteiger partial charge in [-0.25, -0.2) is 4.98 Å². The van der Waals surface area contributed by atoms with E-state index in [-0.39, 0.29) is 0 Å². The lowest BCUT2D eigenvalue weighted by atomic mass is 10.1. The quantitative estimate of drug-likeness (QED) is 0.547. The molecule has 0 radical (unpaired) electrons. The van der Waals surface area contributed by atoms with Gasteiger partial charge in [-0.2, -0.15) is 0 Å². The van der Waals surface area contributed by atoms with Crippen LogP contribution in [0.4, 0.5) is 5.69 Å². The monoisotopic (exact) mass is 318 g/mol. The largest absolute Gasteiger partial charge is 0.380 e. The maximum atomic E-state index is 6.03. The first-order chi connectivity index (χ1) is 8.13. The first kappa shape index (κ1) is 14.8. The summed E-state index contributed by atoms with van der Waals surface area (Å²) < 4.78 is 0.947. The zero-order valence-electron chi connectivity index (χ0n) is 10.5. The number of hydrogen-bond acceptors (Lipinski definition) is 2. The molecule has 1 aromatic heterocycles. The number of nitrogens with zero attached hydrogens (tertiary/aromatic N) is 1. The molecule has 1 aromatic rings. The second-order valence-electron chi connectivity index (χ2n) is 4.39. The number of halogens is 2. The van der Waals surface area contributed by atoms with Gasteiger partial charge < -0.3 is 5.32 Å². The maximum absolute atomic E-state index is 6.03. The van der Waals surface area contributed by atoms with Crippen molar-refractivity contribution in [3.63, 3.8) is 0 Å². The van der Waals surface area contributed by atoms with Crippen LogP contribution in [0.25, 0.3) is 0 Å². The first-order valence-electron chi connectivity index (χ1n) is 6.21. The van der Waals surface area contributed by atoms with Crippen molar-refractivity contribution in [1.29, 1.82) is 0 Å². The molecule has 17 heavy (non-hydrogen) atoms.